The number of amides is 1. The fourth-order valence-corrected chi connectivity index (χ4v) is 3.84. The zero-order valence-electron chi connectivity index (χ0n) is 18.4. The zero-order valence-corrected chi connectivity index (χ0v) is 18.4. The van der Waals surface area contributed by atoms with E-state index in [9.17, 15) is 39.9 Å². The van der Waals surface area contributed by atoms with Crippen LogP contribution in [0.1, 0.15) is 28.7 Å². The Bertz CT molecular complexity index is 1190. The minimum Gasteiger partial charge on any atom is -0.341 e. The summed E-state index contributed by atoms with van der Waals surface area (Å²) in [4.78, 5) is 12.9. The molecule has 3 nitrogen and oxygen atoms in total. The van der Waals surface area contributed by atoms with E-state index < -0.39 is 59.0 Å². The average molecular weight is 516 g/mol. The van der Waals surface area contributed by atoms with E-state index in [2.05, 4.69) is 5.32 Å². The van der Waals surface area contributed by atoms with Crippen molar-refractivity contribution in [3.05, 3.63) is 107 Å². The summed E-state index contributed by atoms with van der Waals surface area (Å²) in [6.45, 7) is 0. The number of halogens is 8. The molecule has 0 radical (unpaired) electrons. The first kappa shape index (κ1) is 27.1. The summed E-state index contributed by atoms with van der Waals surface area (Å²) >= 11 is 0. The summed E-state index contributed by atoms with van der Waals surface area (Å²) < 4.78 is 108. The lowest BCUT2D eigenvalue weighted by atomic mass is 9.77. The van der Waals surface area contributed by atoms with Gasteiger partial charge in [0, 0.05) is 6.42 Å². The maximum absolute atomic E-state index is 14.5. The summed E-state index contributed by atoms with van der Waals surface area (Å²) in [7, 11) is 0. The first-order valence-corrected chi connectivity index (χ1v) is 10.5. The number of nitrogens with one attached hydrogen (secondary N) is 1. The van der Waals surface area contributed by atoms with E-state index in [0.29, 0.717) is 11.6 Å². The molecular weight excluding hydrogens is 496 g/mol. The van der Waals surface area contributed by atoms with E-state index in [4.69, 9.17) is 5.73 Å². The molecule has 0 spiro atoms. The SMILES string of the molecule is NC(CC(F)(F)F)C(=O)N[C@](Cc1ccccc1)(c1ccc(F)cc1)c1cc(F)cc(C(F)(F)F)c1. The molecule has 0 aliphatic heterocycles. The quantitative estimate of drug-likeness (QED) is 0.387. The van der Waals surface area contributed by atoms with Crippen molar-refractivity contribution in [3.8, 4) is 0 Å². The number of hydrogen-bond donors (Lipinski definition) is 2. The molecule has 1 amide bonds. The third-order valence-electron chi connectivity index (χ3n) is 5.49. The Kier molecular flexibility index (Phi) is 7.73. The molecule has 0 bridgehead atoms. The van der Waals surface area contributed by atoms with Crippen molar-refractivity contribution in [2.75, 3.05) is 0 Å². The molecule has 192 valence electrons. The van der Waals surface area contributed by atoms with Crippen LogP contribution in [0, 0.1) is 11.6 Å². The van der Waals surface area contributed by atoms with Gasteiger partial charge in [0.15, 0.2) is 0 Å². The van der Waals surface area contributed by atoms with E-state index in [-0.39, 0.29) is 18.1 Å². The lowest BCUT2D eigenvalue weighted by Crippen LogP contribution is -2.54. The second-order valence-electron chi connectivity index (χ2n) is 8.22. The van der Waals surface area contributed by atoms with Gasteiger partial charge in [-0.3, -0.25) is 4.79 Å². The highest BCUT2D eigenvalue weighted by atomic mass is 19.4. The summed E-state index contributed by atoms with van der Waals surface area (Å²) in [5, 5.41) is 2.34. The normalized spacial score (nSPS) is 14.7. The van der Waals surface area contributed by atoms with Crippen molar-refractivity contribution in [2.24, 2.45) is 5.73 Å². The first-order chi connectivity index (χ1) is 16.7. The largest absolute Gasteiger partial charge is 0.416 e. The van der Waals surface area contributed by atoms with Crippen LogP contribution in [-0.4, -0.2) is 18.1 Å². The molecule has 3 aromatic carbocycles. The molecule has 0 saturated carbocycles. The van der Waals surface area contributed by atoms with Crippen LogP contribution < -0.4 is 11.1 Å². The number of hydrogen-bond acceptors (Lipinski definition) is 2. The molecule has 3 rings (SSSR count). The van der Waals surface area contributed by atoms with Crippen LogP contribution in [0.15, 0.2) is 72.8 Å². The minimum atomic E-state index is -4.98. The summed E-state index contributed by atoms with van der Waals surface area (Å²) in [5.74, 6) is -3.36. The Morgan fingerprint density at radius 3 is 1.92 bits per heavy atom. The molecule has 11 heteroatoms. The first-order valence-electron chi connectivity index (χ1n) is 10.5. The Labute approximate surface area is 200 Å². The Morgan fingerprint density at radius 2 is 1.36 bits per heavy atom. The summed E-state index contributed by atoms with van der Waals surface area (Å²) in [5.41, 5.74) is 2.05. The van der Waals surface area contributed by atoms with Crippen LogP contribution in [-0.2, 0) is 22.9 Å². The molecular formula is C25H20F8N2O. The fraction of sp³-hybridized carbons (Fsp3) is 0.240. The van der Waals surface area contributed by atoms with Gasteiger partial charge in [-0.05, 0) is 47.0 Å². The van der Waals surface area contributed by atoms with E-state index >= 15 is 0 Å². The number of rotatable bonds is 7. The van der Waals surface area contributed by atoms with Gasteiger partial charge in [-0.1, -0.05) is 42.5 Å². The van der Waals surface area contributed by atoms with Gasteiger partial charge in [-0.25, -0.2) is 8.78 Å². The monoisotopic (exact) mass is 516 g/mol. The van der Waals surface area contributed by atoms with E-state index in [1.54, 1.807) is 30.3 Å². The van der Waals surface area contributed by atoms with Gasteiger partial charge in [-0.2, -0.15) is 26.3 Å². The van der Waals surface area contributed by atoms with Gasteiger partial charge < -0.3 is 11.1 Å². The summed E-state index contributed by atoms with van der Waals surface area (Å²) in [6, 6.07) is 11.6. The van der Waals surface area contributed by atoms with Crippen LogP contribution >= 0.6 is 0 Å². The molecule has 0 saturated heterocycles. The van der Waals surface area contributed by atoms with Gasteiger partial charge in [0.25, 0.3) is 0 Å². The van der Waals surface area contributed by atoms with E-state index in [0.717, 1.165) is 30.3 Å². The molecule has 1 unspecified atom stereocenters. The predicted molar refractivity (Wildman–Crippen MR) is 116 cm³/mol. The van der Waals surface area contributed by atoms with Gasteiger partial charge in [0.1, 0.15) is 11.6 Å². The van der Waals surface area contributed by atoms with Crippen molar-refractivity contribution >= 4 is 5.91 Å². The second kappa shape index (κ2) is 10.3. The van der Waals surface area contributed by atoms with Crippen molar-refractivity contribution in [1.82, 2.24) is 5.32 Å². The maximum atomic E-state index is 14.5. The Balaban J connectivity index is 2.27. The molecule has 3 N–H and O–H groups in total. The predicted octanol–water partition coefficient (Wildman–Crippen LogP) is 5.87. The van der Waals surface area contributed by atoms with E-state index in [1.165, 1.54) is 0 Å². The number of nitrogens with two attached hydrogens (primary N) is 1. The van der Waals surface area contributed by atoms with E-state index in [1.807, 2.05) is 0 Å². The molecule has 36 heavy (non-hydrogen) atoms. The molecule has 0 aliphatic rings. The second-order valence-corrected chi connectivity index (χ2v) is 8.22. The lowest BCUT2D eigenvalue weighted by molar-refractivity contribution is -0.148. The van der Waals surface area contributed by atoms with Crippen LogP contribution in [0.25, 0.3) is 0 Å². The number of alkyl halides is 6. The van der Waals surface area contributed by atoms with Crippen molar-refractivity contribution < 1.29 is 39.9 Å². The fourth-order valence-electron chi connectivity index (χ4n) is 3.84. The van der Waals surface area contributed by atoms with Crippen LogP contribution in [0.4, 0.5) is 35.1 Å². The number of benzene rings is 3. The highest BCUT2D eigenvalue weighted by Crippen LogP contribution is 2.38. The number of carbonyl (C=O) groups is 1. The van der Waals surface area contributed by atoms with Crippen molar-refractivity contribution in [2.45, 2.75) is 36.8 Å². The van der Waals surface area contributed by atoms with Gasteiger partial charge >= 0.3 is 12.4 Å². The zero-order chi connectivity index (χ0) is 26.7. The molecule has 3 aromatic rings. The van der Waals surface area contributed by atoms with Gasteiger partial charge in [0.05, 0.1) is 23.6 Å². The molecule has 0 heterocycles. The smallest absolute Gasteiger partial charge is 0.341 e. The highest BCUT2D eigenvalue weighted by molar-refractivity contribution is 5.83. The topological polar surface area (TPSA) is 55.1 Å². The molecule has 0 aromatic heterocycles. The Morgan fingerprint density at radius 1 is 0.778 bits per heavy atom. The lowest BCUT2D eigenvalue weighted by Gasteiger charge is -2.38. The minimum absolute atomic E-state index is 0.000892. The van der Waals surface area contributed by atoms with Crippen molar-refractivity contribution in [3.63, 3.8) is 0 Å². The van der Waals surface area contributed by atoms with Gasteiger partial charge in [-0.15, -0.1) is 0 Å². The molecule has 2 atom stereocenters. The maximum Gasteiger partial charge on any atom is 0.416 e. The molecule has 0 aliphatic carbocycles. The third kappa shape index (κ3) is 6.60. The van der Waals surface area contributed by atoms with Crippen molar-refractivity contribution in [1.29, 1.82) is 0 Å². The van der Waals surface area contributed by atoms with Crippen LogP contribution in [0.2, 0.25) is 0 Å². The molecule has 0 fully saturated rings. The average Bonchev–Trinajstić information content (AvgIpc) is 2.77. The van der Waals surface area contributed by atoms with Crippen LogP contribution in [0.5, 0.6) is 0 Å². The Hall–Kier alpha value is -3.47. The standard InChI is InChI=1S/C25H20F8N2O/c26-19-8-6-16(7-9-19)23(13-15-4-2-1-3-5-15,35-22(36)21(34)14-24(28,29)30)17-10-18(25(31,32)33)12-20(27)11-17/h1-12,21H,13-14,34H2,(H,35,36)/t21?,23-/m1/s1. The van der Waals surface area contributed by atoms with Crippen LogP contribution in [0.3, 0.4) is 0 Å². The highest BCUT2D eigenvalue weighted by Gasteiger charge is 2.42. The third-order valence-corrected chi connectivity index (χ3v) is 5.49. The summed E-state index contributed by atoms with van der Waals surface area (Å²) in [6.07, 6.45) is -11.8. The van der Waals surface area contributed by atoms with Gasteiger partial charge in [0.2, 0.25) is 5.91 Å². The number of carbonyl (C=O) groups excluding carboxylic acids is 1.